The van der Waals surface area contributed by atoms with Crippen LogP contribution in [0.25, 0.3) is 0 Å². The molecule has 1 aromatic rings. The fraction of sp³-hybridized carbons (Fsp3) is 0.524. The van der Waals surface area contributed by atoms with Crippen LogP contribution >= 0.6 is 0 Å². The first-order valence-electron chi connectivity index (χ1n) is 9.74. The Hall–Kier alpha value is -2.50. The van der Waals surface area contributed by atoms with Crippen LogP contribution in [0, 0.1) is 17.8 Å². The summed E-state index contributed by atoms with van der Waals surface area (Å²) in [5.74, 6) is 2.88. The van der Waals surface area contributed by atoms with Crippen LogP contribution in [0.2, 0.25) is 0 Å². The first-order chi connectivity index (χ1) is 13.2. The predicted octanol–water partition coefficient (Wildman–Crippen LogP) is 3.81. The maximum absolute atomic E-state index is 12.6. The molecule has 2 aliphatic carbocycles. The van der Waals surface area contributed by atoms with Crippen LogP contribution in [0.5, 0.6) is 17.2 Å². The summed E-state index contributed by atoms with van der Waals surface area (Å²) in [6.07, 6.45) is 8.75. The number of benzene rings is 1. The predicted molar refractivity (Wildman–Crippen MR) is 105 cm³/mol. The highest BCUT2D eigenvalue weighted by Gasteiger charge is 2.34. The van der Waals surface area contributed by atoms with E-state index in [1.54, 1.807) is 12.1 Å². The number of nitrogens with one attached hydrogen (secondary N) is 1. The molecule has 3 unspecified atom stereocenters. The van der Waals surface area contributed by atoms with Gasteiger partial charge in [-0.25, -0.2) is 5.43 Å². The van der Waals surface area contributed by atoms with Gasteiger partial charge in [-0.1, -0.05) is 12.2 Å². The lowest BCUT2D eigenvalue weighted by molar-refractivity contribution is 0.0953. The van der Waals surface area contributed by atoms with E-state index in [-0.39, 0.29) is 5.91 Å². The van der Waals surface area contributed by atoms with Crippen LogP contribution in [0.4, 0.5) is 0 Å². The van der Waals surface area contributed by atoms with Gasteiger partial charge in [0.15, 0.2) is 11.5 Å². The molecule has 1 amide bonds. The molecule has 0 aliphatic heterocycles. The molecule has 0 radical (unpaired) electrons. The van der Waals surface area contributed by atoms with E-state index in [0.717, 1.165) is 6.42 Å². The Morgan fingerprint density at radius 3 is 2.26 bits per heavy atom. The summed E-state index contributed by atoms with van der Waals surface area (Å²) in [7, 11) is 0. The Labute approximate surface area is 160 Å². The highest BCUT2D eigenvalue weighted by molar-refractivity contribution is 5.95. The highest BCUT2D eigenvalue weighted by atomic mass is 16.5. The number of hydrogen-bond acceptors (Lipinski definition) is 5. The van der Waals surface area contributed by atoms with E-state index in [9.17, 15) is 4.79 Å². The van der Waals surface area contributed by atoms with Gasteiger partial charge in [0.25, 0.3) is 5.91 Å². The molecule has 6 heteroatoms. The molecule has 0 aromatic heterocycles. The van der Waals surface area contributed by atoms with Crippen molar-refractivity contribution in [2.24, 2.45) is 22.9 Å². The lowest BCUT2D eigenvalue weighted by Gasteiger charge is -2.16. The molecule has 1 N–H and O–H groups in total. The summed E-state index contributed by atoms with van der Waals surface area (Å²) in [4.78, 5) is 12.6. The summed E-state index contributed by atoms with van der Waals surface area (Å²) in [6, 6.07) is 3.34. The van der Waals surface area contributed by atoms with Gasteiger partial charge in [0, 0.05) is 17.7 Å². The normalized spacial score (nSPS) is 23.0. The molecule has 146 valence electrons. The van der Waals surface area contributed by atoms with E-state index in [4.69, 9.17) is 14.2 Å². The van der Waals surface area contributed by atoms with Crippen molar-refractivity contribution in [2.75, 3.05) is 19.8 Å². The molecule has 2 bridgehead atoms. The largest absolute Gasteiger partial charge is 0.490 e. The zero-order valence-electron chi connectivity index (χ0n) is 16.2. The highest BCUT2D eigenvalue weighted by Crippen LogP contribution is 2.42. The number of ether oxygens (including phenoxy) is 3. The van der Waals surface area contributed by atoms with Gasteiger partial charge >= 0.3 is 0 Å². The van der Waals surface area contributed by atoms with Crippen molar-refractivity contribution in [1.82, 2.24) is 5.43 Å². The van der Waals surface area contributed by atoms with Gasteiger partial charge in [-0.3, -0.25) is 4.79 Å². The number of carbonyl (C=O) groups excluding carboxylic acids is 1. The number of nitrogens with zero attached hydrogens (tertiary/aromatic N) is 1. The van der Waals surface area contributed by atoms with Gasteiger partial charge in [0.05, 0.1) is 19.8 Å². The second-order valence-corrected chi connectivity index (χ2v) is 6.76. The number of fused-ring (bicyclic) bond motifs is 2. The minimum atomic E-state index is -0.296. The van der Waals surface area contributed by atoms with Crippen molar-refractivity contribution < 1.29 is 19.0 Å². The van der Waals surface area contributed by atoms with Gasteiger partial charge in [0.1, 0.15) is 0 Å². The van der Waals surface area contributed by atoms with Crippen LogP contribution in [-0.4, -0.2) is 31.9 Å². The Kier molecular flexibility index (Phi) is 6.37. The lowest BCUT2D eigenvalue weighted by Crippen LogP contribution is -2.20. The molecule has 0 spiro atoms. The zero-order valence-corrected chi connectivity index (χ0v) is 16.2. The first-order valence-corrected chi connectivity index (χ1v) is 9.74. The average molecular weight is 372 g/mol. The molecule has 6 nitrogen and oxygen atoms in total. The molecule has 3 atom stereocenters. The van der Waals surface area contributed by atoms with Gasteiger partial charge in [-0.2, -0.15) is 5.10 Å². The van der Waals surface area contributed by atoms with Crippen LogP contribution in [-0.2, 0) is 0 Å². The molecular formula is C21H28N2O4. The second kappa shape index (κ2) is 8.93. The molecule has 0 heterocycles. The molecule has 1 saturated carbocycles. The lowest BCUT2D eigenvalue weighted by atomic mass is 9.95. The van der Waals surface area contributed by atoms with Crippen LogP contribution in [0.1, 0.15) is 44.0 Å². The Balaban J connectivity index is 1.73. The quantitative estimate of drug-likeness (QED) is 0.407. The van der Waals surface area contributed by atoms with Crippen LogP contribution in [0.3, 0.4) is 0 Å². The van der Waals surface area contributed by atoms with Gasteiger partial charge in [-0.05, 0) is 57.6 Å². The van der Waals surface area contributed by atoms with Crippen molar-refractivity contribution in [3.05, 3.63) is 29.8 Å². The third kappa shape index (κ3) is 4.43. The number of carbonyl (C=O) groups is 1. The Bertz CT molecular complexity index is 702. The number of hydrazone groups is 1. The van der Waals surface area contributed by atoms with Crippen molar-refractivity contribution in [1.29, 1.82) is 0 Å². The van der Waals surface area contributed by atoms with E-state index < -0.39 is 0 Å². The second-order valence-electron chi connectivity index (χ2n) is 6.76. The fourth-order valence-electron chi connectivity index (χ4n) is 3.77. The van der Waals surface area contributed by atoms with E-state index >= 15 is 0 Å². The van der Waals surface area contributed by atoms with Crippen molar-refractivity contribution >= 4 is 12.1 Å². The molecule has 3 rings (SSSR count). The minimum Gasteiger partial charge on any atom is -0.490 e. The summed E-state index contributed by atoms with van der Waals surface area (Å²) in [5, 5.41) is 4.19. The minimum absolute atomic E-state index is 0.296. The molecule has 0 saturated heterocycles. The zero-order chi connectivity index (χ0) is 19.2. The summed E-state index contributed by atoms with van der Waals surface area (Å²) in [6.45, 7) is 7.08. The number of allylic oxidation sites excluding steroid dienone is 2. The van der Waals surface area contributed by atoms with Crippen LogP contribution in [0.15, 0.2) is 29.4 Å². The van der Waals surface area contributed by atoms with Gasteiger partial charge in [0.2, 0.25) is 5.75 Å². The number of amides is 1. The van der Waals surface area contributed by atoms with Gasteiger partial charge < -0.3 is 14.2 Å². The SMILES string of the molecule is CCOc1cc(C(=O)NN=CC2CC3C=CC2C3)cc(OCC)c1OCC. The molecule has 1 aromatic carbocycles. The summed E-state index contributed by atoms with van der Waals surface area (Å²) < 4.78 is 17.0. The molecule has 27 heavy (non-hydrogen) atoms. The van der Waals surface area contributed by atoms with E-state index in [0.29, 0.717) is 60.4 Å². The number of rotatable bonds is 9. The molecule has 1 fully saturated rings. The average Bonchev–Trinajstić information content (AvgIpc) is 3.27. The standard InChI is InChI=1S/C21H28N2O4/c1-4-25-18-11-16(12-19(26-5-2)20(18)27-6-3)21(24)23-22-13-17-10-14-7-8-15(17)9-14/h7-8,11-15,17H,4-6,9-10H2,1-3H3,(H,23,24). The molecule has 2 aliphatic rings. The van der Waals surface area contributed by atoms with Crippen LogP contribution < -0.4 is 19.6 Å². The third-order valence-electron chi connectivity index (χ3n) is 4.93. The first kappa shape index (κ1) is 19.3. The molecular weight excluding hydrogens is 344 g/mol. The topological polar surface area (TPSA) is 69.2 Å². The maximum Gasteiger partial charge on any atom is 0.271 e. The summed E-state index contributed by atoms with van der Waals surface area (Å²) in [5.41, 5.74) is 3.06. The Morgan fingerprint density at radius 2 is 1.74 bits per heavy atom. The fourth-order valence-corrected chi connectivity index (χ4v) is 3.77. The van der Waals surface area contributed by atoms with Crippen molar-refractivity contribution in [2.45, 2.75) is 33.6 Å². The van der Waals surface area contributed by atoms with Crippen molar-refractivity contribution in [3.8, 4) is 17.2 Å². The Morgan fingerprint density at radius 1 is 1.07 bits per heavy atom. The monoisotopic (exact) mass is 372 g/mol. The smallest absolute Gasteiger partial charge is 0.271 e. The summed E-state index contributed by atoms with van der Waals surface area (Å²) >= 11 is 0. The third-order valence-corrected chi connectivity index (χ3v) is 4.93. The maximum atomic E-state index is 12.6. The van der Waals surface area contributed by atoms with Crippen molar-refractivity contribution in [3.63, 3.8) is 0 Å². The van der Waals surface area contributed by atoms with E-state index in [2.05, 4.69) is 22.7 Å². The van der Waals surface area contributed by atoms with E-state index in [1.165, 1.54) is 6.42 Å². The number of hydrogen-bond donors (Lipinski definition) is 1. The van der Waals surface area contributed by atoms with Gasteiger partial charge in [-0.15, -0.1) is 0 Å². The van der Waals surface area contributed by atoms with E-state index in [1.807, 2.05) is 27.0 Å².